The van der Waals surface area contributed by atoms with Gasteiger partial charge in [0.15, 0.2) is 6.10 Å². The van der Waals surface area contributed by atoms with Crippen LogP contribution in [0.5, 0.6) is 5.75 Å². The number of fused-ring (bicyclic) bond motifs is 1. The summed E-state index contributed by atoms with van der Waals surface area (Å²) in [5.41, 5.74) is 1.82. The average molecular weight is 380 g/mol. The number of nitrogens with zero attached hydrogens (tertiary/aromatic N) is 1. The molecule has 1 N–H and O–H groups in total. The van der Waals surface area contributed by atoms with Crippen LogP contribution < -0.4 is 4.74 Å². The quantitative estimate of drug-likeness (QED) is 0.632. The Morgan fingerprint density at radius 1 is 1.16 bits per heavy atom. The van der Waals surface area contributed by atoms with Gasteiger partial charge in [-0.05, 0) is 48.9 Å². The van der Waals surface area contributed by atoms with Crippen molar-refractivity contribution >= 4 is 40.1 Å². The zero-order valence-electron chi connectivity index (χ0n) is 13.0. The lowest BCUT2D eigenvalue weighted by atomic mass is 10.0. The van der Waals surface area contributed by atoms with Crippen LogP contribution in [0, 0.1) is 5.82 Å². The molecule has 25 heavy (non-hydrogen) atoms. The van der Waals surface area contributed by atoms with Gasteiger partial charge in [0.25, 0.3) is 0 Å². The smallest absolute Gasteiger partial charge is 0.344 e. The number of hydrogen-bond donors (Lipinski definition) is 1. The third-order valence-electron chi connectivity index (χ3n) is 3.63. The molecule has 0 aliphatic heterocycles. The second kappa shape index (κ2) is 6.86. The fraction of sp³-hybridized carbons (Fsp3) is 0.111. The van der Waals surface area contributed by atoms with E-state index in [1.165, 1.54) is 19.1 Å². The Kier molecular flexibility index (Phi) is 4.79. The molecule has 0 radical (unpaired) electrons. The van der Waals surface area contributed by atoms with Gasteiger partial charge in [-0.25, -0.2) is 14.2 Å². The van der Waals surface area contributed by atoms with Crippen molar-refractivity contribution in [1.82, 2.24) is 4.98 Å². The van der Waals surface area contributed by atoms with E-state index < -0.39 is 17.9 Å². The van der Waals surface area contributed by atoms with Gasteiger partial charge >= 0.3 is 5.97 Å². The first-order valence-corrected chi connectivity index (χ1v) is 8.06. The topological polar surface area (TPSA) is 59.4 Å². The average Bonchev–Trinajstić information content (AvgIpc) is 2.53. The monoisotopic (exact) mass is 379 g/mol. The number of carboxylic acids is 1. The van der Waals surface area contributed by atoms with Crippen LogP contribution in [-0.4, -0.2) is 22.2 Å². The first-order chi connectivity index (χ1) is 11.8. The lowest BCUT2D eigenvalue weighted by Crippen LogP contribution is -2.22. The van der Waals surface area contributed by atoms with Crippen molar-refractivity contribution in [2.45, 2.75) is 13.0 Å². The number of ether oxygens (including phenoxy) is 1. The molecule has 0 amide bonds. The van der Waals surface area contributed by atoms with Gasteiger partial charge in [-0.2, -0.15) is 0 Å². The van der Waals surface area contributed by atoms with Gasteiger partial charge in [-0.3, -0.25) is 0 Å². The fourth-order valence-electron chi connectivity index (χ4n) is 2.43. The molecule has 0 fully saturated rings. The van der Waals surface area contributed by atoms with Gasteiger partial charge < -0.3 is 9.84 Å². The summed E-state index contributed by atoms with van der Waals surface area (Å²) in [4.78, 5) is 15.2. The van der Waals surface area contributed by atoms with Crippen LogP contribution in [0.1, 0.15) is 6.92 Å². The van der Waals surface area contributed by atoms with Gasteiger partial charge in [0.1, 0.15) is 16.7 Å². The maximum Gasteiger partial charge on any atom is 0.344 e. The van der Waals surface area contributed by atoms with Crippen LogP contribution in [0.4, 0.5) is 4.39 Å². The van der Waals surface area contributed by atoms with E-state index in [4.69, 9.17) is 33.0 Å². The third kappa shape index (κ3) is 3.67. The zero-order valence-corrected chi connectivity index (χ0v) is 14.5. The lowest BCUT2D eigenvalue weighted by Gasteiger charge is -2.13. The zero-order chi connectivity index (χ0) is 18.1. The molecule has 1 atom stereocenters. The highest BCUT2D eigenvalue weighted by atomic mass is 35.5. The first-order valence-electron chi connectivity index (χ1n) is 7.30. The predicted molar refractivity (Wildman–Crippen MR) is 94.9 cm³/mol. The highest BCUT2D eigenvalue weighted by molar-refractivity contribution is 6.34. The predicted octanol–water partition coefficient (Wildman–Crippen LogP) is 5.20. The molecule has 0 unspecified atom stereocenters. The SMILES string of the molecule is C[C@@H](Oc1ccc2c(-c3ccc(F)cc3Cl)cc(Cl)nc2c1)C(=O)O. The van der Waals surface area contributed by atoms with Crippen LogP contribution in [0.25, 0.3) is 22.0 Å². The van der Waals surface area contributed by atoms with Crippen molar-refractivity contribution in [3.63, 3.8) is 0 Å². The van der Waals surface area contributed by atoms with Gasteiger partial charge in [-0.1, -0.05) is 23.2 Å². The normalized spacial score (nSPS) is 12.2. The Balaban J connectivity index is 2.13. The summed E-state index contributed by atoms with van der Waals surface area (Å²) in [6, 6.07) is 10.7. The molecule has 4 nitrogen and oxygen atoms in total. The molecule has 0 spiro atoms. The maximum atomic E-state index is 13.3. The third-order valence-corrected chi connectivity index (χ3v) is 4.14. The number of rotatable bonds is 4. The number of aromatic nitrogens is 1. The molecule has 2 aromatic carbocycles. The van der Waals surface area contributed by atoms with Crippen molar-refractivity contribution in [2.75, 3.05) is 0 Å². The number of aliphatic carboxylic acids is 1. The van der Waals surface area contributed by atoms with Crippen molar-refractivity contribution in [1.29, 1.82) is 0 Å². The largest absolute Gasteiger partial charge is 0.479 e. The van der Waals surface area contributed by atoms with Crippen molar-refractivity contribution in [2.24, 2.45) is 0 Å². The van der Waals surface area contributed by atoms with Gasteiger partial charge in [0, 0.05) is 17.0 Å². The summed E-state index contributed by atoms with van der Waals surface area (Å²) in [6.07, 6.45) is -0.998. The molecular weight excluding hydrogens is 368 g/mol. The summed E-state index contributed by atoms with van der Waals surface area (Å²) < 4.78 is 18.7. The van der Waals surface area contributed by atoms with Crippen LogP contribution in [-0.2, 0) is 4.79 Å². The molecule has 1 aromatic heterocycles. The summed E-state index contributed by atoms with van der Waals surface area (Å²) in [5.74, 6) is -1.15. The highest BCUT2D eigenvalue weighted by Crippen LogP contribution is 2.36. The lowest BCUT2D eigenvalue weighted by molar-refractivity contribution is -0.144. The summed E-state index contributed by atoms with van der Waals surface area (Å²) >= 11 is 12.3. The second-order valence-electron chi connectivity index (χ2n) is 5.39. The Labute approximate surface area is 152 Å². The van der Waals surface area contributed by atoms with E-state index in [-0.39, 0.29) is 10.2 Å². The first kappa shape index (κ1) is 17.5. The molecule has 7 heteroatoms. The van der Waals surface area contributed by atoms with Gasteiger partial charge in [0.05, 0.1) is 10.5 Å². The van der Waals surface area contributed by atoms with E-state index in [1.54, 1.807) is 30.3 Å². The number of halogens is 3. The van der Waals surface area contributed by atoms with Crippen molar-refractivity contribution < 1.29 is 19.0 Å². The number of benzene rings is 2. The standard InChI is InChI=1S/C18H12Cl2FNO3/c1-9(18(23)24)25-11-3-5-13-14(8-17(20)22-16(13)7-11)12-4-2-10(21)6-15(12)19/h2-9H,1H3,(H,23,24)/t9-/m1/s1. The molecule has 128 valence electrons. The van der Waals surface area contributed by atoms with Crippen LogP contribution in [0.15, 0.2) is 42.5 Å². The number of hydrogen-bond acceptors (Lipinski definition) is 3. The molecule has 3 aromatic rings. The Morgan fingerprint density at radius 2 is 1.92 bits per heavy atom. The van der Waals surface area contributed by atoms with Crippen molar-refractivity contribution in [3.8, 4) is 16.9 Å². The molecule has 0 saturated carbocycles. The Bertz CT molecular complexity index is 978. The highest BCUT2D eigenvalue weighted by Gasteiger charge is 2.15. The van der Waals surface area contributed by atoms with Crippen molar-refractivity contribution in [3.05, 3.63) is 58.5 Å². The summed E-state index contributed by atoms with van der Waals surface area (Å²) in [7, 11) is 0. The molecule has 0 bridgehead atoms. The molecule has 0 saturated heterocycles. The molecular formula is C18H12Cl2FNO3. The minimum absolute atomic E-state index is 0.228. The van der Waals surface area contributed by atoms with E-state index in [0.29, 0.717) is 22.4 Å². The minimum Gasteiger partial charge on any atom is -0.479 e. The van der Waals surface area contributed by atoms with Gasteiger partial charge in [0.2, 0.25) is 0 Å². The van der Waals surface area contributed by atoms with Crippen LogP contribution in [0.2, 0.25) is 10.2 Å². The molecule has 0 aliphatic rings. The number of carbonyl (C=O) groups is 1. The van der Waals surface area contributed by atoms with Crippen LogP contribution >= 0.6 is 23.2 Å². The van der Waals surface area contributed by atoms with E-state index in [1.807, 2.05) is 0 Å². The summed E-state index contributed by atoms with van der Waals surface area (Å²) in [6.45, 7) is 1.43. The molecule has 1 heterocycles. The Hall–Kier alpha value is -2.37. The number of pyridine rings is 1. The van der Waals surface area contributed by atoms with Gasteiger partial charge in [-0.15, -0.1) is 0 Å². The van der Waals surface area contributed by atoms with E-state index in [9.17, 15) is 9.18 Å². The summed E-state index contributed by atoms with van der Waals surface area (Å²) in [5, 5.41) is 10.2. The number of carboxylic acid groups (broad SMARTS) is 1. The molecule has 0 aliphatic carbocycles. The second-order valence-corrected chi connectivity index (χ2v) is 6.19. The van der Waals surface area contributed by atoms with E-state index in [0.717, 1.165) is 5.39 Å². The van der Waals surface area contributed by atoms with E-state index >= 15 is 0 Å². The Morgan fingerprint density at radius 3 is 2.60 bits per heavy atom. The maximum absolute atomic E-state index is 13.3. The van der Waals surface area contributed by atoms with Crippen LogP contribution in [0.3, 0.4) is 0 Å². The molecule has 3 rings (SSSR count). The fourth-order valence-corrected chi connectivity index (χ4v) is 2.90. The minimum atomic E-state index is -1.07. The van der Waals surface area contributed by atoms with E-state index in [2.05, 4.69) is 4.98 Å².